The first-order valence-electron chi connectivity index (χ1n) is 9.17. The van der Waals surface area contributed by atoms with Gasteiger partial charge in [-0.1, -0.05) is 72.3 Å². The monoisotopic (exact) mass is 427 g/mol. The van der Waals surface area contributed by atoms with E-state index in [0.717, 1.165) is 11.1 Å². The molecule has 0 N–H and O–H groups in total. The van der Waals surface area contributed by atoms with Crippen LogP contribution in [-0.2, 0) is 19.9 Å². The number of benzene rings is 2. The molecule has 30 heavy (non-hydrogen) atoms. The summed E-state index contributed by atoms with van der Waals surface area (Å²) in [7, 11) is 4.29. The van der Waals surface area contributed by atoms with Gasteiger partial charge in [0.2, 0.25) is 12.0 Å². The molecule has 0 saturated carbocycles. The summed E-state index contributed by atoms with van der Waals surface area (Å²) in [5.74, 6) is -0.0736. The van der Waals surface area contributed by atoms with Gasteiger partial charge >= 0.3 is 5.97 Å². The first kappa shape index (κ1) is 21.6. The SMILES string of the molecule is COC(=O)C(Oc1cc(Cl)nc(OC)c1)C(OC)(c1ccccc1)c1ccccc1. The summed E-state index contributed by atoms with van der Waals surface area (Å²) in [5.41, 5.74) is 0.154. The van der Waals surface area contributed by atoms with Gasteiger partial charge in [0.15, 0.2) is 5.60 Å². The molecule has 2 aromatic carbocycles. The third-order valence-electron chi connectivity index (χ3n) is 4.72. The quantitative estimate of drug-likeness (QED) is 0.395. The highest BCUT2D eigenvalue weighted by Crippen LogP contribution is 2.39. The molecule has 3 aromatic rings. The van der Waals surface area contributed by atoms with Crippen molar-refractivity contribution in [3.8, 4) is 11.6 Å². The van der Waals surface area contributed by atoms with E-state index in [4.69, 9.17) is 30.5 Å². The van der Waals surface area contributed by atoms with Crippen LogP contribution in [0.1, 0.15) is 11.1 Å². The highest BCUT2D eigenvalue weighted by atomic mass is 35.5. The van der Waals surface area contributed by atoms with Crippen molar-refractivity contribution in [2.75, 3.05) is 21.3 Å². The molecular formula is C23H22ClNO5. The lowest BCUT2D eigenvalue weighted by atomic mass is 9.81. The lowest BCUT2D eigenvalue weighted by Crippen LogP contribution is -2.51. The standard InChI is InChI=1S/C23H22ClNO5/c1-27-20-15-18(14-19(24)25-20)30-21(22(26)28-2)23(29-3,16-10-6-4-7-11-16)17-12-8-5-9-13-17/h4-15,21H,1-3H3. The van der Waals surface area contributed by atoms with E-state index in [9.17, 15) is 4.79 Å². The topological polar surface area (TPSA) is 66.9 Å². The molecule has 0 aliphatic rings. The smallest absolute Gasteiger partial charge is 0.350 e. The van der Waals surface area contributed by atoms with Crippen molar-refractivity contribution in [1.82, 2.24) is 4.98 Å². The number of esters is 1. The first-order valence-corrected chi connectivity index (χ1v) is 9.55. The Morgan fingerprint density at radius 3 is 1.97 bits per heavy atom. The Labute approximate surface area is 180 Å². The Morgan fingerprint density at radius 1 is 0.933 bits per heavy atom. The molecule has 0 spiro atoms. The van der Waals surface area contributed by atoms with Crippen LogP contribution < -0.4 is 9.47 Å². The minimum atomic E-state index is -1.29. The second-order valence-electron chi connectivity index (χ2n) is 6.36. The van der Waals surface area contributed by atoms with Gasteiger partial charge < -0.3 is 18.9 Å². The summed E-state index contributed by atoms with van der Waals surface area (Å²) in [5, 5.41) is 0.162. The second-order valence-corrected chi connectivity index (χ2v) is 6.75. The molecule has 0 radical (unpaired) electrons. The summed E-state index contributed by atoms with van der Waals surface area (Å²) in [6, 6.07) is 21.8. The fraction of sp³-hybridized carbons (Fsp3) is 0.217. The molecule has 1 unspecified atom stereocenters. The third-order valence-corrected chi connectivity index (χ3v) is 4.91. The summed E-state index contributed by atoms with van der Waals surface area (Å²) < 4.78 is 22.5. The van der Waals surface area contributed by atoms with Gasteiger partial charge in [0, 0.05) is 19.2 Å². The van der Waals surface area contributed by atoms with Crippen LogP contribution in [0.4, 0.5) is 0 Å². The van der Waals surface area contributed by atoms with Crippen molar-refractivity contribution in [1.29, 1.82) is 0 Å². The molecule has 1 atom stereocenters. The van der Waals surface area contributed by atoms with Gasteiger partial charge in [-0.2, -0.15) is 0 Å². The van der Waals surface area contributed by atoms with E-state index in [1.807, 2.05) is 60.7 Å². The number of rotatable bonds is 8. The summed E-state index contributed by atoms with van der Waals surface area (Å²) in [6.07, 6.45) is -1.19. The van der Waals surface area contributed by atoms with E-state index in [1.165, 1.54) is 33.5 Å². The van der Waals surface area contributed by atoms with E-state index in [1.54, 1.807) is 0 Å². The molecular weight excluding hydrogens is 406 g/mol. The van der Waals surface area contributed by atoms with Gasteiger partial charge in [-0.05, 0) is 11.1 Å². The van der Waals surface area contributed by atoms with E-state index >= 15 is 0 Å². The van der Waals surface area contributed by atoms with Crippen molar-refractivity contribution in [3.63, 3.8) is 0 Å². The molecule has 0 saturated heterocycles. The summed E-state index contributed by atoms with van der Waals surface area (Å²) >= 11 is 6.09. The van der Waals surface area contributed by atoms with Crippen molar-refractivity contribution in [2.45, 2.75) is 11.7 Å². The van der Waals surface area contributed by atoms with E-state index in [2.05, 4.69) is 4.98 Å². The number of hydrogen-bond donors (Lipinski definition) is 0. The fourth-order valence-corrected chi connectivity index (χ4v) is 3.54. The van der Waals surface area contributed by atoms with Gasteiger partial charge in [0.25, 0.3) is 0 Å². The summed E-state index contributed by atoms with van der Waals surface area (Å²) in [4.78, 5) is 17.0. The van der Waals surface area contributed by atoms with Crippen LogP contribution >= 0.6 is 11.6 Å². The zero-order chi connectivity index (χ0) is 21.6. The summed E-state index contributed by atoms with van der Waals surface area (Å²) in [6.45, 7) is 0. The predicted octanol–water partition coefficient (Wildman–Crippen LogP) is 4.25. The highest BCUT2D eigenvalue weighted by Gasteiger charge is 2.49. The van der Waals surface area contributed by atoms with Crippen molar-refractivity contribution in [2.24, 2.45) is 0 Å². The van der Waals surface area contributed by atoms with Gasteiger partial charge in [0.05, 0.1) is 14.2 Å². The molecule has 6 nitrogen and oxygen atoms in total. The van der Waals surface area contributed by atoms with Crippen LogP contribution in [0.3, 0.4) is 0 Å². The Kier molecular flexibility index (Phi) is 6.92. The number of nitrogens with zero attached hydrogens (tertiary/aromatic N) is 1. The van der Waals surface area contributed by atoms with Gasteiger partial charge in [-0.25, -0.2) is 9.78 Å². The second kappa shape index (κ2) is 9.61. The average molecular weight is 428 g/mol. The average Bonchev–Trinajstić information content (AvgIpc) is 2.79. The number of halogens is 1. The van der Waals surface area contributed by atoms with Crippen molar-refractivity contribution >= 4 is 17.6 Å². The first-order chi connectivity index (χ1) is 14.5. The number of ether oxygens (including phenoxy) is 4. The van der Waals surface area contributed by atoms with Crippen LogP contribution in [0, 0.1) is 0 Å². The largest absolute Gasteiger partial charge is 0.481 e. The van der Waals surface area contributed by atoms with Crippen LogP contribution in [0.15, 0.2) is 72.8 Å². The number of methoxy groups -OCH3 is 3. The maximum Gasteiger partial charge on any atom is 0.350 e. The number of aromatic nitrogens is 1. The van der Waals surface area contributed by atoms with Crippen LogP contribution in [0.5, 0.6) is 11.6 Å². The minimum Gasteiger partial charge on any atom is -0.481 e. The normalized spacial score (nSPS) is 12.1. The molecule has 1 heterocycles. The lowest BCUT2D eigenvalue weighted by molar-refractivity contribution is -0.163. The molecule has 0 aliphatic heterocycles. The molecule has 0 bridgehead atoms. The zero-order valence-electron chi connectivity index (χ0n) is 16.9. The maximum atomic E-state index is 13.0. The van der Waals surface area contributed by atoms with Gasteiger partial charge in [0.1, 0.15) is 10.9 Å². The molecule has 7 heteroatoms. The predicted molar refractivity (Wildman–Crippen MR) is 113 cm³/mol. The number of carbonyl (C=O) groups is 1. The number of carbonyl (C=O) groups excluding carboxylic acids is 1. The maximum absolute atomic E-state index is 13.0. The Morgan fingerprint density at radius 2 is 1.50 bits per heavy atom. The Balaban J connectivity index is 2.21. The molecule has 0 amide bonds. The fourth-order valence-electron chi connectivity index (χ4n) is 3.35. The Bertz CT molecular complexity index is 942. The van der Waals surface area contributed by atoms with Crippen molar-refractivity contribution in [3.05, 3.63) is 89.1 Å². The van der Waals surface area contributed by atoms with E-state index in [-0.39, 0.29) is 16.8 Å². The Hall–Kier alpha value is -3.09. The van der Waals surface area contributed by atoms with Crippen LogP contribution in [0.25, 0.3) is 0 Å². The minimum absolute atomic E-state index is 0.162. The molecule has 3 rings (SSSR count). The van der Waals surface area contributed by atoms with Gasteiger partial charge in [-0.3, -0.25) is 0 Å². The van der Waals surface area contributed by atoms with Crippen molar-refractivity contribution < 1.29 is 23.7 Å². The molecule has 0 aliphatic carbocycles. The molecule has 156 valence electrons. The zero-order valence-corrected chi connectivity index (χ0v) is 17.6. The van der Waals surface area contributed by atoms with E-state index < -0.39 is 17.7 Å². The number of hydrogen-bond acceptors (Lipinski definition) is 6. The lowest BCUT2D eigenvalue weighted by Gasteiger charge is -2.38. The third kappa shape index (κ3) is 4.25. The molecule has 1 aromatic heterocycles. The van der Waals surface area contributed by atoms with Gasteiger partial charge in [-0.15, -0.1) is 0 Å². The van der Waals surface area contributed by atoms with Crippen LogP contribution in [-0.4, -0.2) is 38.4 Å². The van der Waals surface area contributed by atoms with E-state index in [0.29, 0.717) is 0 Å². The number of pyridine rings is 1. The highest BCUT2D eigenvalue weighted by molar-refractivity contribution is 6.29. The molecule has 0 fully saturated rings. The van der Waals surface area contributed by atoms with Crippen LogP contribution in [0.2, 0.25) is 5.15 Å².